The lowest BCUT2D eigenvalue weighted by molar-refractivity contribution is -0.136. The lowest BCUT2D eigenvalue weighted by atomic mass is 10.1. The first-order chi connectivity index (χ1) is 12.3. The van der Waals surface area contributed by atoms with E-state index >= 15 is 0 Å². The summed E-state index contributed by atoms with van der Waals surface area (Å²) in [6.45, 7) is 0.706. The zero-order chi connectivity index (χ0) is 18.5. The third-order valence-corrected chi connectivity index (χ3v) is 5.06. The van der Waals surface area contributed by atoms with Gasteiger partial charge in [-0.1, -0.05) is 17.4 Å². The van der Waals surface area contributed by atoms with Crippen LogP contribution in [0, 0.1) is 0 Å². The molecule has 0 unspecified atom stereocenters. The van der Waals surface area contributed by atoms with Gasteiger partial charge in [-0.25, -0.2) is 4.98 Å². The van der Waals surface area contributed by atoms with Gasteiger partial charge in [0.25, 0.3) is 11.1 Å². The highest BCUT2D eigenvalue weighted by Gasteiger charge is 2.36. The number of amides is 1. The van der Waals surface area contributed by atoms with Crippen LogP contribution >= 0.6 is 11.3 Å². The van der Waals surface area contributed by atoms with E-state index in [0.717, 1.165) is 17.4 Å². The van der Waals surface area contributed by atoms with Crippen molar-refractivity contribution in [1.82, 2.24) is 19.7 Å². The average Bonchev–Trinajstić information content (AvgIpc) is 3.13. The minimum Gasteiger partial charge on any atom is -0.463 e. The number of benzene rings is 1. The van der Waals surface area contributed by atoms with Gasteiger partial charge >= 0.3 is 6.18 Å². The van der Waals surface area contributed by atoms with Gasteiger partial charge in [0.2, 0.25) is 0 Å². The van der Waals surface area contributed by atoms with E-state index in [2.05, 4.69) is 10.1 Å². The smallest absolute Gasteiger partial charge is 0.418 e. The minimum atomic E-state index is -4.46. The fourth-order valence-electron chi connectivity index (χ4n) is 2.77. The highest BCUT2D eigenvalue weighted by atomic mass is 32.1. The molecule has 3 aromatic rings. The van der Waals surface area contributed by atoms with E-state index < -0.39 is 11.7 Å². The first kappa shape index (κ1) is 16.8. The Kier molecular flexibility index (Phi) is 3.87. The maximum atomic E-state index is 13.0. The van der Waals surface area contributed by atoms with Crippen LogP contribution < -0.4 is 4.74 Å². The number of aromatic nitrogens is 3. The van der Waals surface area contributed by atoms with Gasteiger partial charge in [-0.15, -0.1) is 0 Å². The summed E-state index contributed by atoms with van der Waals surface area (Å²) in [6, 6.07) is 5.56. The lowest BCUT2D eigenvalue weighted by Crippen LogP contribution is -2.56. The van der Waals surface area contributed by atoms with Crippen LogP contribution in [0.4, 0.5) is 13.2 Å². The molecule has 6 nitrogen and oxygen atoms in total. The molecule has 3 heterocycles. The Hall–Kier alpha value is -2.62. The van der Waals surface area contributed by atoms with Gasteiger partial charge in [-0.3, -0.25) is 9.48 Å². The number of fused-ring (bicyclic) bond motifs is 1. The molecule has 1 fully saturated rings. The van der Waals surface area contributed by atoms with Crippen molar-refractivity contribution in [3.8, 4) is 5.19 Å². The molecule has 136 valence electrons. The standard InChI is InChI=1S/C16H13F3N4O2S/c1-22-11(5-6-20-22)14(24)23-7-9(8-23)25-15-21-13-10(16(17,18)19)3-2-4-12(13)26-15/h2-6,9H,7-8H2,1H3. The summed E-state index contributed by atoms with van der Waals surface area (Å²) in [6.07, 6.45) is -3.21. The SMILES string of the molecule is Cn1nccc1C(=O)N1CC(Oc2nc3c(C(F)(F)F)cccc3s2)C1. The predicted octanol–water partition coefficient (Wildman–Crippen LogP) is 2.95. The number of halogens is 3. The molecule has 0 spiro atoms. The number of para-hydroxylation sites is 1. The normalized spacial score (nSPS) is 15.3. The Balaban J connectivity index is 1.45. The molecule has 10 heteroatoms. The number of ether oxygens (including phenoxy) is 1. The number of nitrogens with zero attached hydrogens (tertiary/aromatic N) is 4. The molecular weight excluding hydrogens is 369 g/mol. The van der Waals surface area contributed by atoms with Crippen LogP contribution in [0.2, 0.25) is 0 Å². The van der Waals surface area contributed by atoms with E-state index in [1.165, 1.54) is 10.7 Å². The second-order valence-electron chi connectivity index (χ2n) is 5.92. The van der Waals surface area contributed by atoms with Crippen molar-refractivity contribution in [2.45, 2.75) is 12.3 Å². The van der Waals surface area contributed by atoms with Gasteiger partial charge in [-0.2, -0.15) is 18.3 Å². The van der Waals surface area contributed by atoms with Crippen molar-refractivity contribution in [1.29, 1.82) is 0 Å². The fourth-order valence-corrected chi connectivity index (χ4v) is 3.68. The Bertz CT molecular complexity index is 975. The van der Waals surface area contributed by atoms with Crippen molar-refractivity contribution in [3.63, 3.8) is 0 Å². The molecule has 1 aliphatic rings. The van der Waals surface area contributed by atoms with Gasteiger partial charge in [0.1, 0.15) is 11.8 Å². The second-order valence-corrected chi connectivity index (χ2v) is 6.91. The number of alkyl halides is 3. The van der Waals surface area contributed by atoms with E-state index in [4.69, 9.17) is 4.74 Å². The molecular formula is C16H13F3N4O2S. The van der Waals surface area contributed by atoms with Crippen LogP contribution in [0.25, 0.3) is 10.2 Å². The summed E-state index contributed by atoms with van der Waals surface area (Å²) < 4.78 is 46.7. The molecule has 0 saturated carbocycles. The molecule has 0 aliphatic carbocycles. The number of likely N-dealkylation sites (tertiary alicyclic amines) is 1. The number of carbonyl (C=O) groups is 1. The molecule has 0 bridgehead atoms. The molecule has 1 amide bonds. The highest BCUT2D eigenvalue weighted by molar-refractivity contribution is 7.20. The van der Waals surface area contributed by atoms with Crippen LogP contribution in [0.15, 0.2) is 30.5 Å². The number of hydrogen-bond acceptors (Lipinski definition) is 5. The summed E-state index contributed by atoms with van der Waals surface area (Å²) in [4.78, 5) is 17.9. The summed E-state index contributed by atoms with van der Waals surface area (Å²) in [5.41, 5.74) is -0.414. The van der Waals surface area contributed by atoms with Crippen LogP contribution in [0.1, 0.15) is 16.1 Å². The molecule has 2 aromatic heterocycles. The third-order valence-electron chi connectivity index (χ3n) is 4.15. The maximum Gasteiger partial charge on any atom is 0.418 e. The van der Waals surface area contributed by atoms with E-state index in [1.54, 1.807) is 30.3 Å². The van der Waals surface area contributed by atoms with Crippen molar-refractivity contribution < 1.29 is 22.7 Å². The first-order valence-corrected chi connectivity index (χ1v) is 8.55. The van der Waals surface area contributed by atoms with Crippen LogP contribution in [-0.4, -0.2) is 44.8 Å². The molecule has 0 radical (unpaired) electrons. The molecule has 1 saturated heterocycles. The maximum absolute atomic E-state index is 13.0. The zero-order valence-electron chi connectivity index (χ0n) is 13.5. The molecule has 0 N–H and O–H groups in total. The average molecular weight is 382 g/mol. The summed E-state index contributed by atoms with van der Waals surface area (Å²) in [5, 5.41) is 4.13. The van der Waals surface area contributed by atoms with Crippen molar-refractivity contribution in [2.75, 3.05) is 13.1 Å². The number of aryl methyl sites for hydroxylation is 1. The van der Waals surface area contributed by atoms with Crippen LogP contribution in [0.5, 0.6) is 5.19 Å². The monoisotopic (exact) mass is 382 g/mol. The number of rotatable bonds is 3. The zero-order valence-corrected chi connectivity index (χ0v) is 14.3. The van der Waals surface area contributed by atoms with E-state index in [0.29, 0.717) is 23.5 Å². The third kappa shape index (κ3) is 2.90. The number of hydrogen-bond donors (Lipinski definition) is 0. The van der Waals surface area contributed by atoms with Gasteiger partial charge < -0.3 is 9.64 Å². The Morgan fingerprint density at radius 3 is 2.73 bits per heavy atom. The second kappa shape index (κ2) is 5.97. The fraction of sp³-hybridized carbons (Fsp3) is 0.312. The molecule has 4 rings (SSSR count). The van der Waals surface area contributed by atoms with E-state index in [9.17, 15) is 18.0 Å². The summed E-state index contributed by atoms with van der Waals surface area (Å²) >= 11 is 1.06. The largest absolute Gasteiger partial charge is 0.463 e. The first-order valence-electron chi connectivity index (χ1n) is 7.73. The highest BCUT2D eigenvalue weighted by Crippen LogP contribution is 2.38. The van der Waals surface area contributed by atoms with Crippen molar-refractivity contribution >= 4 is 27.5 Å². The predicted molar refractivity (Wildman–Crippen MR) is 88.1 cm³/mol. The van der Waals surface area contributed by atoms with Gasteiger partial charge in [-0.05, 0) is 18.2 Å². The Morgan fingerprint density at radius 1 is 1.31 bits per heavy atom. The quantitative estimate of drug-likeness (QED) is 0.699. The minimum absolute atomic E-state index is 0.109. The van der Waals surface area contributed by atoms with E-state index in [-0.39, 0.29) is 22.7 Å². The van der Waals surface area contributed by atoms with Gasteiger partial charge in [0.05, 0.1) is 28.9 Å². The van der Waals surface area contributed by atoms with Gasteiger partial charge in [0.15, 0.2) is 0 Å². The summed E-state index contributed by atoms with van der Waals surface area (Å²) in [7, 11) is 1.68. The molecule has 1 aliphatic heterocycles. The Morgan fingerprint density at radius 2 is 2.08 bits per heavy atom. The van der Waals surface area contributed by atoms with E-state index in [1.807, 2.05) is 0 Å². The van der Waals surface area contributed by atoms with Gasteiger partial charge in [0, 0.05) is 13.2 Å². The number of carbonyl (C=O) groups excluding carboxylic acids is 1. The van der Waals surface area contributed by atoms with Crippen LogP contribution in [0.3, 0.4) is 0 Å². The molecule has 1 aromatic carbocycles. The molecule has 26 heavy (non-hydrogen) atoms. The lowest BCUT2D eigenvalue weighted by Gasteiger charge is -2.38. The topological polar surface area (TPSA) is 60.2 Å². The van der Waals surface area contributed by atoms with Crippen LogP contribution in [-0.2, 0) is 13.2 Å². The summed E-state index contributed by atoms with van der Waals surface area (Å²) in [5.74, 6) is -0.159. The Labute approximate surface area is 149 Å². The molecule has 0 atom stereocenters. The van der Waals surface area contributed by atoms with Crippen molar-refractivity contribution in [2.24, 2.45) is 7.05 Å². The number of thiazole rings is 1. The van der Waals surface area contributed by atoms with Crippen molar-refractivity contribution in [3.05, 3.63) is 41.7 Å².